The minimum Gasteiger partial charge on any atom is -0.445 e. The fourth-order valence-corrected chi connectivity index (χ4v) is 3.97. The molecule has 1 aliphatic carbocycles. The summed E-state index contributed by atoms with van der Waals surface area (Å²) in [5, 5.41) is 2.77. The molecule has 1 fully saturated rings. The first-order chi connectivity index (χ1) is 9.92. The summed E-state index contributed by atoms with van der Waals surface area (Å²) in [5.74, 6) is -0.0295. The smallest absolute Gasteiger partial charge is 0.407 e. The molecule has 0 bridgehead atoms. The molecule has 0 saturated heterocycles. The van der Waals surface area contributed by atoms with Gasteiger partial charge in [-0.05, 0) is 30.7 Å². The molecule has 0 unspecified atom stereocenters. The van der Waals surface area contributed by atoms with Gasteiger partial charge in [-0.15, -0.1) is 0 Å². The zero-order valence-corrected chi connectivity index (χ0v) is 13.1. The van der Waals surface area contributed by atoms with Gasteiger partial charge in [-0.25, -0.2) is 13.2 Å². The van der Waals surface area contributed by atoms with Gasteiger partial charge in [-0.1, -0.05) is 30.3 Å². The molecule has 7 heteroatoms. The number of benzene rings is 1. The van der Waals surface area contributed by atoms with Crippen LogP contribution in [0.25, 0.3) is 0 Å². The van der Waals surface area contributed by atoms with Crippen LogP contribution >= 0.6 is 10.7 Å². The number of rotatable bonds is 5. The SMILES string of the molecule is O=C(N[C@@H]1CC[C@@H](CS(=O)(=O)Cl)C1)OCc1ccccc1. The van der Waals surface area contributed by atoms with E-state index in [1.807, 2.05) is 30.3 Å². The largest absolute Gasteiger partial charge is 0.445 e. The monoisotopic (exact) mass is 331 g/mol. The van der Waals surface area contributed by atoms with Crippen LogP contribution in [0.2, 0.25) is 0 Å². The summed E-state index contributed by atoms with van der Waals surface area (Å²) in [5.41, 5.74) is 0.921. The third-order valence-electron chi connectivity index (χ3n) is 3.51. The lowest BCUT2D eigenvalue weighted by Crippen LogP contribution is -2.33. The highest BCUT2D eigenvalue weighted by Gasteiger charge is 2.29. The van der Waals surface area contributed by atoms with Gasteiger partial charge in [-0.2, -0.15) is 0 Å². The predicted octanol–water partition coefficient (Wildman–Crippen LogP) is 2.65. The van der Waals surface area contributed by atoms with Crippen LogP contribution in [0.15, 0.2) is 30.3 Å². The van der Waals surface area contributed by atoms with Gasteiger partial charge in [0.1, 0.15) is 6.61 Å². The van der Waals surface area contributed by atoms with Gasteiger partial charge in [0.05, 0.1) is 5.75 Å². The van der Waals surface area contributed by atoms with E-state index in [1.54, 1.807) is 0 Å². The summed E-state index contributed by atoms with van der Waals surface area (Å²) < 4.78 is 27.2. The molecule has 0 aliphatic heterocycles. The summed E-state index contributed by atoms with van der Waals surface area (Å²) in [6.45, 7) is 0.221. The number of carbonyl (C=O) groups is 1. The first-order valence-corrected chi connectivity index (χ1v) is 9.30. The van der Waals surface area contributed by atoms with E-state index in [9.17, 15) is 13.2 Å². The summed E-state index contributed by atoms with van der Waals surface area (Å²) in [7, 11) is 1.77. The molecular formula is C14H18ClNO4S. The van der Waals surface area contributed by atoms with Crippen LogP contribution in [0.3, 0.4) is 0 Å². The molecule has 1 aliphatic rings. The Morgan fingerprint density at radius 3 is 2.67 bits per heavy atom. The molecule has 21 heavy (non-hydrogen) atoms. The lowest BCUT2D eigenvalue weighted by Gasteiger charge is -2.13. The van der Waals surface area contributed by atoms with E-state index >= 15 is 0 Å². The van der Waals surface area contributed by atoms with Gasteiger partial charge in [0.2, 0.25) is 9.05 Å². The standard InChI is InChI=1S/C14H18ClNO4S/c15-21(18,19)10-12-6-7-13(8-12)16-14(17)20-9-11-4-2-1-3-5-11/h1-5,12-13H,6-10H2,(H,16,17)/t12-,13-/m1/s1. The highest BCUT2D eigenvalue weighted by atomic mass is 35.7. The molecule has 1 aromatic carbocycles. The average Bonchev–Trinajstić information content (AvgIpc) is 2.82. The fourth-order valence-electron chi connectivity index (χ4n) is 2.57. The van der Waals surface area contributed by atoms with E-state index in [0.717, 1.165) is 18.4 Å². The molecule has 1 amide bonds. The first-order valence-electron chi connectivity index (χ1n) is 6.82. The van der Waals surface area contributed by atoms with Crippen molar-refractivity contribution in [1.29, 1.82) is 0 Å². The van der Waals surface area contributed by atoms with E-state index in [-0.39, 0.29) is 24.3 Å². The molecule has 1 N–H and O–H groups in total. The van der Waals surface area contributed by atoms with E-state index < -0.39 is 15.1 Å². The number of hydrogen-bond donors (Lipinski definition) is 1. The van der Waals surface area contributed by atoms with Gasteiger partial charge in [0.15, 0.2) is 0 Å². The molecule has 0 aromatic heterocycles. The van der Waals surface area contributed by atoms with Gasteiger partial charge in [-0.3, -0.25) is 0 Å². The zero-order chi connectivity index (χ0) is 15.3. The van der Waals surface area contributed by atoms with Gasteiger partial charge in [0.25, 0.3) is 0 Å². The summed E-state index contributed by atoms with van der Waals surface area (Å²) in [6.07, 6.45) is 1.64. The number of nitrogens with one attached hydrogen (secondary N) is 1. The number of hydrogen-bond acceptors (Lipinski definition) is 4. The Kier molecular flexibility index (Phi) is 5.47. The highest BCUT2D eigenvalue weighted by molar-refractivity contribution is 8.13. The number of carbonyl (C=O) groups excluding carboxylic acids is 1. The Hall–Kier alpha value is -1.27. The lowest BCUT2D eigenvalue weighted by molar-refractivity contribution is 0.135. The van der Waals surface area contributed by atoms with Crippen LogP contribution in [0.5, 0.6) is 0 Å². The van der Waals surface area contributed by atoms with Crippen molar-refractivity contribution in [2.24, 2.45) is 5.92 Å². The van der Waals surface area contributed by atoms with Crippen LogP contribution in [0.4, 0.5) is 4.79 Å². The third-order valence-corrected chi connectivity index (χ3v) is 4.76. The molecular weight excluding hydrogens is 314 g/mol. The number of halogens is 1. The van der Waals surface area contributed by atoms with Crippen LogP contribution in [0.1, 0.15) is 24.8 Å². The van der Waals surface area contributed by atoms with Crippen molar-refractivity contribution in [3.63, 3.8) is 0 Å². The normalized spacial score (nSPS) is 22.0. The van der Waals surface area contributed by atoms with Crippen molar-refractivity contribution in [2.75, 3.05) is 5.75 Å². The fraction of sp³-hybridized carbons (Fsp3) is 0.500. The molecule has 1 saturated carbocycles. The van der Waals surface area contributed by atoms with E-state index in [0.29, 0.717) is 6.42 Å². The van der Waals surface area contributed by atoms with E-state index in [2.05, 4.69) is 5.32 Å². The predicted molar refractivity (Wildman–Crippen MR) is 80.5 cm³/mol. The van der Waals surface area contributed by atoms with Crippen molar-refractivity contribution in [3.8, 4) is 0 Å². The highest BCUT2D eigenvalue weighted by Crippen LogP contribution is 2.27. The van der Waals surface area contributed by atoms with Crippen LogP contribution < -0.4 is 5.32 Å². The molecule has 1 aromatic rings. The van der Waals surface area contributed by atoms with Gasteiger partial charge < -0.3 is 10.1 Å². The van der Waals surface area contributed by atoms with Crippen molar-refractivity contribution >= 4 is 25.8 Å². The second-order valence-corrected chi connectivity index (χ2v) is 8.11. The molecule has 2 atom stereocenters. The second kappa shape index (κ2) is 7.13. The van der Waals surface area contributed by atoms with Crippen molar-refractivity contribution in [2.45, 2.75) is 31.9 Å². The molecule has 116 valence electrons. The van der Waals surface area contributed by atoms with Crippen LogP contribution in [-0.4, -0.2) is 26.3 Å². The Morgan fingerprint density at radius 1 is 1.29 bits per heavy atom. The summed E-state index contributed by atoms with van der Waals surface area (Å²) in [6, 6.07) is 9.37. The Labute approximate surface area is 129 Å². The quantitative estimate of drug-likeness (QED) is 0.842. The maximum atomic E-state index is 11.7. The Bertz CT molecular complexity index is 576. The Balaban J connectivity index is 1.72. The van der Waals surface area contributed by atoms with Crippen molar-refractivity contribution in [1.82, 2.24) is 5.32 Å². The molecule has 5 nitrogen and oxygen atoms in total. The minimum atomic E-state index is -3.48. The average molecular weight is 332 g/mol. The second-order valence-electron chi connectivity index (χ2n) is 5.29. The van der Waals surface area contributed by atoms with E-state index in [4.69, 9.17) is 15.4 Å². The minimum absolute atomic E-state index is 0.00641. The van der Waals surface area contributed by atoms with Crippen LogP contribution in [0, 0.1) is 5.92 Å². The lowest BCUT2D eigenvalue weighted by atomic mass is 10.1. The summed E-state index contributed by atoms with van der Waals surface area (Å²) in [4.78, 5) is 11.7. The maximum absolute atomic E-state index is 11.7. The third kappa shape index (κ3) is 5.93. The number of ether oxygens (including phenoxy) is 1. The number of amides is 1. The van der Waals surface area contributed by atoms with E-state index in [1.165, 1.54) is 0 Å². The molecule has 0 radical (unpaired) electrons. The van der Waals surface area contributed by atoms with Gasteiger partial charge in [0, 0.05) is 16.7 Å². The topological polar surface area (TPSA) is 72.5 Å². The number of alkyl carbamates (subject to hydrolysis) is 1. The molecule has 0 spiro atoms. The Morgan fingerprint density at radius 2 is 2.00 bits per heavy atom. The summed E-state index contributed by atoms with van der Waals surface area (Å²) >= 11 is 0. The first kappa shape index (κ1) is 16.1. The zero-order valence-electron chi connectivity index (χ0n) is 11.5. The molecule has 0 heterocycles. The molecule has 2 rings (SSSR count). The van der Waals surface area contributed by atoms with Gasteiger partial charge >= 0.3 is 6.09 Å². The van der Waals surface area contributed by atoms with Crippen molar-refractivity contribution < 1.29 is 17.9 Å². The van der Waals surface area contributed by atoms with Crippen molar-refractivity contribution in [3.05, 3.63) is 35.9 Å². The maximum Gasteiger partial charge on any atom is 0.407 e. The van der Waals surface area contributed by atoms with Crippen LogP contribution in [-0.2, 0) is 20.4 Å².